The van der Waals surface area contributed by atoms with Crippen LogP contribution in [0.15, 0.2) is 12.3 Å². The van der Waals surface area contributed by atoms with Gasteiger partial charge in [0.15, 0.2) is 5.78 Å². The van der Waals surface area contributed by atoms with E-state index in [4.69, 9.17) is 0 Å². The molecule has 72 valence electrons. The zero-order chi connectivity index (χ0) is 9.84. The highest BCUT2D eigenvalue weighted by Crippen LogP contribution is 2.13. The second-order valence-corrected chi connectivity index (χ2v) is 3.29. The van der Waals surface area contributed by atoms with Gasteiger partial charge in [0.2, 0.25) is 0 Å². The lowest BCUT2D eigenvalue weighted by Gasteiger charge is -2.06. The van der Waals surface area contributed by atoms with Gasteiger partial charge in [0.25, 0.3) is 0 Å². The van der Waals surface area contributed by atoms with E-state index in [0.29, 0.717) is 0 Å². The molecular weight excluding hydrogens is 162 g/mol. The molecule has 0 N–H and O–H groups in total. The Balaban J connectivity index is 3.06. The minimum Gasteiger partial charge on any atom is -0.345 e. The summed E-state index contributed by atoms with van der Waals surface area (Å²) in [4.78, 5) is 11.4. The lowest BCUT2D eigenvalue weighted by molar-refractivity contribution is 0.100. The Bertz CT molecular complexity index is 299. The molecule has 1 aromatic heterocycles. The molecule has 1 aromatic rings. The van der Waals surface area contributed by atoms with Crippen molar-refractivity contribution < 1.29 is 4.79 Å². The summed E-state index contributed by atoms with van der Waals surface area (Å²) in [6, 6.07) is 2.05. The number of rotatable bonds is 4. The topological polar surface area (TPSA) is 22.0 Å². The Hall–Kier alpha value is -1.05. The summed E-state index contributed by atoms with van der Waals surface area (Å²) in [7, 11) is 0. The number of Topliss-reactive ketones (excluding diaryl/α,β-unsaturated/α-hetero) is 1. The van der Waals surface area contributed by atoms with Crippen molar-refractivity contribution >= 4 is 5.78 Å². The average molecular weight is 179 g/mol. The van der Waals surface area contributed by atoms with Crippen LogP contribution in [-0.4, -0.2) is 10.4 Å². The zero-order valence-electron chi connectivity index (χ0n) is 8.63. The van der Waals surface area contributed by atoms with Crippen LogP contribution in [0.4, 0.5) is 0 Å². The maximum Gasteiger partial charge on any atom is 0.176 e. The molecule has 0 bridgehead atoms. The fraction of sp³-hybridized carbons (Fsp3) is 0.545. The van der Waals surface area contributed by atoms with Crippen molar-refractivity contribution in [3.05, 3.63) is 23.5 Å². The number of ketones is 1. The van der Waals surface area contributed by atoms with Gasteiger partial charge in [-0.2, -0.15) is 0 Å². The van der Waals surface area contributed by atoms with Crippen molar-refractivity contribution in [2.45, 2.75) is 40.2 Å². The largest absolute Gasteiger partial charge is 0.345 e. The molecule has 13 heavy (non-hydrogen) atoms. The van der Waals surface area contributed by atoms with Crippen LogP contribution in [0.5, 0.6) is 0 Å². The molecule has 0 amide bonds. The van der Waals surface area contributed by atoms with Gasteiger partial charge >= 0.3 is 0 Å². The SMILES string of the molecule is CCCn1ccc(CC)c1C(C)=O. The van der Waals surface area contributed by atoms with Crippen LogP contribution in [0.25, 0.3) is 0 Å². The normalized spacial score (nSPS) is 10.4. The molecular formula is C11H17NO. The summed E-state index contributed by atoms with van der Waals surface area (Å²) in [5, 5.41) is 0. The molecule has 1 heterocycles. The Kier molecular flexibility index (Phi) is 3.29. The van der Waals surface area contributed by atoms with Gasteiger partial charge in [-0.25, -0.2) is 0 Å². The van der Waals surface area contributed by atoms with Crippen molar-refractivity contribution in [2.75, 3.05) is 0 Å². The molecule has 0 radical (unpaired) electrons. The van der Waals surface area contributed by atoms with Gasteiger partial charge in [-0.1, -0.05) is 13.8 Å². The van der Waals surface area contributed by atoms with Gasteiger partial charge in [0, 0.05) is 19.7 Å². The Morgan fingerprint density at radius 2 is 2.15 bits per heavy atom. The summed E-state index contributed by atoms with van der Waals surface area (Å²) >= 11 is 0. The third-order valence-corrected chi connectivity index (χ3v) is 2.23. The van der Waals surface area contributed by atoms with Crippen LogP contribution in [-0.2, 0) is 13.0 Å². The van der Waals surface area contributed by atoms with Gasteiger partial charge in [-0.15, -0.1) is 0 Å². The number of carbonyl (C=O) groups excluding carboxylic acids is 1. The Morgan fingerprint density at radius 3 is 2.62 bits per heavy atom. The van der Waals surface area contributed by atoms with Crippen LogP contribution in [0.1, 0.15) is 43.2 Å². The molecule has 0 saturated carbocycles. The number of carbonyl (C=O) groups is 1. The van der Waals surface area contributed by atoms with Crippen molar-refractivity contribution in [1.29, 1.82) is 0 Å². The van der Waals surface area contributed by atoms with Crippen LogP contribution in [0.3, 0.4) is 0 Å². The molecule has 0 aliphatic heterocycles. The molecule has 0 fully saturated rings. The third-order valence-electron chi connectivity index (χ3n) is 2.23. The molecule has 0 unspecified atom stereocenters. The minimum atomic E-state index is 0.176. The van der Waals surface area contributed by atoms with Crippen molar-refractivity contribution in [3.8, 4) is 0 Å². The maximum absolute atomic E-state index is 11.4. The lowest BCUT2D eigenvalue weighted by atomic mass is 10.1. The first-order valence-electron chi connectivity index (χ1n) is 4.89. The van der Waals surface area contributed by atoms with Gasteiger partial charge in [0.05, 0.1) is 5.69 Å². The number of hydrogen-bond donors (Lipinski definition) is 0. The number of hydrogen-bond acceptors (Lipinski definition) is 1. The highest BCUT2D eigenvalue weighted by Gasteiger charge is 2.10. The number of nitrogens with zero attached hydrogens (tertiary/aromatic N) is 1. The first-order chi connectivity index (χ1) is 6.20. The van der Waals surface area contributed by atoms with Crippen LogP contribution in [0, 0.1) is 0 Å². The van der Waals surface area contributed by atoms with E-state index in [1.54, 1.807) is 6.92 Å². The van der Waals surface area contributed by atoms with E-state index in [2.05, 4.69) is 18.4 Å². The summed E-state index contributed by atoms with van der Waals surface area (Å²) in [6.07, 6.45) is 4.02. The average Bonchev–Trinajstić information content (AvgIpc) is 2.48. The third kappa shape index (κ3) is 2.00. The molecule has 0 aromatic carbocycles. The molecule has 0 atom stereocenters. The second-order valence-electron chi connectivity index (χ2n) is 3.29. The van der Waals surface area contributed by atoms with E-state index >= 15 is 0 Å². The quantitative estimate of drug-likeness (QED) is 0.651. The fourth-order valence-corrected chi connectivity index (χ4v) is 1.66. The smallest absolute Gasteiger partial charge is 0.176 e. The van der Waals surface area contributed by atoms with E-state index in [9.17, 15) is 4.79 Å². The molecule has 0 aliphatic rings. The molecule has 2 heteroatoms. The van der Waals surface area contributed by atoms with Crippen LogP contribution in [0.2, 0.25) is 0 Å². The van der Waals surface area contributed by atoms with E-state index in [-0.39, 0.29) is 5.78 Å². The van der Waals surface area contributed by atoms with Gasteiger partial charge in [0.1, 0.15) is 0 Å². The van der Waals surface area contributed by atoms with Crippen molar-refractivity contribution in [1.82, 2.24) is 4.57 Å². The lowest BCUT2D eigenvalue weighted by Crippen LogP contribution is -2.07. The summed E-state index contributed by atoms with van der Waals surface area (Å²) in [5.74, 6) is 0.176. The van der Waals surface area contributed by atoms with Gasteiger partial charge in [-0.05, 0) is 24.5 Å². The second kappa shape index (κ2) is 4.26. The molecule has 1 rings (SSSR count). The van der Waals surface area contributed by atoms with E-state index in [1.165, 1.54) is 5.56 Å². The molecule has 0 saturated heterocycles. The predicted molar refractivity (Wildman–Crippen MR) is 54.1 cm³/mol. The standard InChI is InChI=1S/C11H17NO/c1-4-7-12-8-6-10(5-2)11(12)9(3)13/h6,8H,4-5,7H2,1-3H3. The number of aromatic nitrogens is 1. The minimum absolute atomic E-state index is 0.176. The zero-order valence-corrected chi connectivity index (χ0v) is 8.63. The van der Waals surface area contributed by atoms with Crippen molar-refractivity contribution in [2.24, 2.45) is 0 Å². The van der Waals surface area contributed by atoms with Crippen LogP contribution < -0.4 is 0 Å². The first kappa shape index (κ1) is 10.0. The van der Waals surface area contributed by atoms with Gasteiger partial charge < -0.3 is 4.57 Å². The summed E-state index contributed by atoms with van der Waals surface area (Å²) in [5.41, 5.74) is 2.06. The monoisotopic (exact) mass is 179 g/mol. The van der Waals surface area contributed by atoms with Crippen molar-refractivity contribution in [3.63, 3.8) is 0 Å². The van der Waals surface area contributed by atoms with Gasteiger partial charge in [-0.3, -0.25) is 4.79 Å². The molecule has 0 spiro atoms. The van der Waals surface area contributed by atoms with Crippen LogP contribution >= 0.6 is 0 Å². The Morgan fingerprint density at radius 1 is 1.46 bits per heavy atom. The van der Waals surface area contributed by atoms with E-state index in [1.807, 2.05) is 12.3 Å². The molecule has 0 aliphatic carbocycles. The first-order valence-corrected chi connectivity index (χ1v) is 4.89. The van der Waals surface area contributed by atoms with E-state index in [0.717, 1.165) is 25.1 Å². The highest BCUT2D eigenvalue weighted by molar-refractivity contribution is 5.94. The highest BCUT2D eigenvalue weighted by atomic mass is 16.1. The number of aryl methyl sites for hydroxylation is 2. The summed E-state index contributed by atoms with van der Waals surface area (Å²) in [6.45, 7) is 6.78. The Labute approximate surface area is 79.6 Å². The maximum atomic E-state index is 11.4. The molecule has 2 nitrogen and oxygen atoms in total. The van der Waals surface area contributed by atoms with E-state index < -0.39 is 0 Å². The predicted octanol–water partition coefficient (Wildman–Crippen LogP) is 2.66. The fourth-order valence-electron chi connectivity index (χ4n) is 1.66. The summed E-state index contributed by atoms with van der Waals surface area (Å²) < 4.78 is 2.06.